The van der Waals surface area contributed by atoms with Crippen molar-refractivity contribution in [2.24, 2.45) is 0 Å². The van der Waals surface area contributed by atoms with Gasteiger partial charge in [0.15, 0.2) is 0 Å². The maximum Gasteiger partial charge on any atom is 0.134 e. The molecule has 0 amide bonds. The summed E-state index contributed by atoms with van der Waals surface area (Å²) in [7, 11) is 0. The van der Waals surface area contributed by atoms with Crippen molar-refractivity contribution in [3.8, 4) is 0 Å². The minimum atomic E-state index is 0.766. The van der Waals surface area contributed by atoms with Gasteiger partial charge in [-0.15, -0.1) is 0 Å². The van der Waals surface area contributed by atoms with Crippen LogP contribution in [0.15, 0.2) is 18.5 Å². The number of rotatable bonds is 5. The van der Waals surface area contributed by atoms with Crippen molar-refractivity contribution in [2.45, 2.75) is 13.5 Å². The van der Waals surface area contributed by atoms with Gasteiger partial charge in [-0.05, 0) is 6.92 Å². The number of piperazine rings is 1. The Morgan fingerprint density at radius 2 is 1.46 bits per heavy atom. The fraction of sp³-hybridized carbons (Fsp3) is 0.647. The molecule has 2 fully saturated rings. The van der Waals surface area contributed by atoms with Crippen LogP contribution in [-0.2, 0) is 11.3 Å². The fourth-order valence-corrected chi connectivity index (χ4v) is 3.44. The van der Waals surface area contributed by atoms with Gasteiger partial charge in [-0.3, -0.25) is 4.90 Å². The SMILES string of the molecule is Cc1nc(N2CCOCC2)cc(N2CCN(CCn3nccn3)CC2)n1. The van der Waals surface area contributed by atoms with Gasteiger partial charge in [-0.1, -0.05) is 0 Å². The van der Waals surface area contributed by atoms with Crippen molar-refractivity contribution in [2.75, 3.05) is 68.8 Å². The van der Waals surface area contributed by atoms with Gasteiger partial charge in [-0.25, -0.2) is 9.97 Å². The number of anilines is 2. The van der Waals surface area contributed by atoms with E-state index < -0.39 is 0 Å². The lowest BCUT2D eigenvalue weighted by Crippen LogP contribution is -2.47. The number of hydrogen-bond donors (Lipinski definition) is 0. The van der Waals surface area contributed by atoms with Gasteiger partial charge in [-0.2, -0.15) is 15.0 Å². The van der Waals surface area contributed by atoms with Crippen molar-refractivity contribution in [1.82, 2.24) is 29.9 Å². The monoisotopic (exact) mass is 358 g/mol. The van der Waals surface area contributed by atoms with Crippen molar-refractivity contribution >= 4 is 11.6 Å². The maximum atomic E-state index is 5.45. The van der Waals surface area contributed by atoms with Crippen LogP contribution in [0.2, 0.25) is 0 Å². The Morgan fingerprint density at radius 1 is 0.846 bits per heavy atom. The zero-order chi connectivity index (χ0) is 17.8. The van der Waals surface area contributed by atoms with E-state index in [2.05, 4.69) is 40.9 Å². The Labute approximate surface area is 153 Å². The van der Waals surface area contributed by atoms with E-state index >= 15 is 0 Å². The highest BCUT2D eigenvalue weighted by atomic mass is 16.5. The van der Waals surface area contributed by atoms with Crippen LogP contribution >= 0.6 is 0 Å². The lowest BCUT2D eigenvalue weighted by molar-refractivity contribution is 0.122. The van der Waals surface area contributed by atoms with Crippen molar-refractivity contribution in [3.05, 3.63) is 24.3 Å². The summed E-state index contributed by atoms with van der Waals surface area (Å²) >= 11 is 0. The molecule has 0 unspecified atom stereocenters. The van der Waals surface area contributed by atoms with E-state index in [0.29, 0.717) is 0 Å². The zero-order valence-corrected chi connectivity index (χ0v) is 15.3. The van der Waals surface area contributed by atoms with Gasteiger partial charge in [0.1, 0.15) is 17.5 Å². The molecular formula is C17H26N8O. The van der Waals surface area contributed by atoms with Gasteiger partial charge in [0.25, 0.3) is 0 Å². The Bertz CT molecular complexity index is 693. The van der Waals surface area contributed by atoms with Crippen molar-refractivity contribution in [3.63, 3.8) is 0 Å². The Balaban J connectivity index is 1.35. The molecule has 0 aromatic carbocycles. The predicted molar refractivity (Wildman–Crippen MR) is 98.5 cm³/mol. The number of morpholine rings is 1. The molecule has 4 rings (SSSR count). The van der Waals surface area contributed by atoms with Crippen LogP contribution in [0.5, 0.6) is 0 Å². The summed E-state index contributed by atoms with van der Waals surface area (Å²) in [5.74, 6) is 2.88. The first-order valence-electron chi connectivity index (χ1n) is 9.28. The fourth-order valence-electron chi connectivity index (χ4n) is 3.44. The molecule has 2 aliphatic heterocycles. The van der Waals surface area contributed by atoms with E-state index in [1.807, 2.05) is 6.92 Å². The topological polar surface area (TPSA) is 75.4 Å². The molecule has 4 heterocycles. The third-order valence-corrected chi connectivity index (χ3v) is 4.93. The second kappa shape index (κ2) is 7.96. The molecule has 0 bridgehead atoms. The molecule has 2 saturated heterocycles. The van der Waals surface area contributed by atoms with Crippen LogP contribution in [0.3, 0.4) is 0 Å². The number of aryl methyl sites for hydroxylation is 1. The van der Waals surface area contributed by atoms with Crippen LogP contribution < -0.4 is 9.80 Å². The number of aromatic nitrogens is 5. The van der Waals surface area contributed by atoms with Gasteiger partial charge in [0, 0.05) is 51.9 Å². The van der Waals surface area contributed by atoms with Crippen LogP contribution in [0.4, 0.5) is 11.6 Å². The molecule has 0 N–H and O–H groups in total. The quantitative estimate of drug-likeness (QED) is 0.741. The molecule has 140 valence electrons. The molecule has 0 aliphatic carbocycles. The van der Waals surface area contributed by atoms with Gasteiger partial charge < -0.3 is 14.5 Å². The minimum absolute atomic E-state index is 0.766. The average molecular weight is 358 g/mol. The molecule has 2 aliphatic rings. The number of hydrogen-bond acceptors (Lipinski definition) is 8. The standard InChI is InChI=1S/C17H26N8O/c1-15-20-16(14-17(21-15)24-10-12-26-13-11-24)23-7-4-22(5-8-23)6-9-25-18-2-3-19-25/h2-3,14H,4-13H2,1H3. The van der Waals surface area contributed by atoms with Gasteiger partial charge >= 0.3 is 0 Å². The summed E-state index contributed by atoms with van der Waals surface area (Å²) in [6.45, 7) is 11.1. The highest BCUT2D eigenvalue weighted by Gasteiger charge is 2.20. The lowest BCUT2D eigenvalue weighted by Gasteiger charge is -2.36. The summed E-state index contributed by atoms with van der Waals surface area (Å²) in [6, 6.07) is 2.13. The highest BCUT2D eigenvalue weighted by Crippen LogP contribution is 2.21. The van der Waals surface area contributed by atoms with Crippen molar-refractivity contribution in [1.29, 1.82) is 0 Å². The number of nitrogens with zero attached hydrogens (tertiary/aromatic N) is 8. The third kappa shape index (κ3) is 4.10. The average Bonchev–Trinajstić information content (AvgIpc) is 3.21. The Morgan fingerprint density at radius 3 is 2.12 bits per heavy atom. The molecule has 9 nitrogen and oxygen atoms in total. The summed E-state index contributed by atoms with van der Waals surface area (Å²) < 4.78 is 5.45. The van der Waals surface area contributed by atoms with Crippen LogP contribution in [0.25, 0.3) is 0 Å². The smallest absolute Gasteiger partial charge is 0.134 e. The molecule has 26 heavy (non-hydrogen) atoms. The predicted octanol–water partition coefficient (Wildman–Crippen LogP) is 0.0353. The maximum absolute atomic E-state index is 5.45. The molecule has 0 spiro atoms. The van der Waals surface area contributed by atoms with E-state index in [-0.39, 0.29) is 0 Å². The molecule has 2 aromatic heterocycles. The van der Waals surface area contributed by atoms with Crippen LogP contribution in [-0.4, -0.2) is 88.9 Å². The summed E-state index contributed by atoms with van der Waals surface area (Å²) in [5.41, 5.74) is 0. The highest BCUT2D eigenvalue weighted by molar-refractivity contribution is 5.51. The van der Waals surface area contributed by atoms with Crippen molar-refractivity contribution < 1.29 is 4.74 Å². The third-order valence-electron chi connectivity index (χ3n) is 4.93. The van der Waals surface area contributed by atoms with E-state index in [4.69, 9.17) is 4.74 Å². The lowest BCUT2D eigenvalue weighted by atomic mass is 10.3. The first kappa shape index (κ1) is 17.2. The summed E-state index contributed by atoms with van der Waals surface area (Å²) in [6.07, 6.45) is 3.45. The summed E-state index contributed by atoms with van der Waals surface area (Å²) in [4.78, 5) is 18.2. The first-order chi connectivity index (χ1) is 12.8. The minimum Gasteiger partial charge on any atom is -0.378 e. The second-order valence-corrected chi connectivity index (χ2v) is 6.68. The largest absolute Gasteiger partial charge is 0.378 e. The normalized spacial score (nSPS) is 19.1. The number of ether oxygens (including phenoxy) is 1. The van der Waals surface area contributed by atoms with Crippen LogP contribution in [0.1, 0.15) is 5.82 Å². The Hall–Kier alpha value is -2.26. The second-order valence-electron chi connectivity index (χ2n) is 6.68. The molecule has 2 aromatic rings. The van der Waals surface area contributed by atoms with E-state index in [0.717, 1.165) is 83.0 Å². The Kier molecular flexibility index (Phi) is 5.26. The first-order valence-corrected chi connectivity index (χ1v) is 9.28. The van der Waals surface area contributed by atoms with Gasteiger partial charge in [0.2, 0.25) is 0 Å². The molecular weight excluding hydrogens is 332 g/mol. The summed E-state index contributed by atoms with van der Waals surface area (Å²) in [5, 5.41) is 8.33. The molecule has 0 atom stereocenters. The van der Waals surface area contributed by atoms with Crippen LogP contribution in [0, 0.1) is 6.92 Å². The molecule has 0 radical (unpaired) electrons. The van der Waals surface area contributed by atoms with E-state index in [1.165, 1.54) is 0 Å². The molecule has 0 saturated carbocycles. The molecule has 9 heteroatoms. The van der Waals surface area contributed by atoms with Gasteiger partial charge in [0.05, 0.1) is 32.2 Å². The van der Waals surface area contributed by atoms with E-state index in [1.54, 1.807) is 17.2 Å². The zero-order valence-electron chi connectivity index (χ0n) is 15.3. The van der Waals surface area contributed by atoms with E-state index in [9.17, 15) is 0 Å².